The largest absolute Gasteiger partial charge is 0.345 e. The van der Waals surface area contributed by atoms with Gasteiger partial charge in [0.1, 0.15) is 12.7 Å². The van der Waals surface area contributed by atoms with Crippen LogP contribution in [0.3, 0.4) is 0 Å². The number of anilines is 1. The minimum atomic E-state index is -0.529. The smallest absolute Gasteiger partial charge is 0.301 e. The van der Waals surface area contributed by atoms with E-state index in [1.807, 2.05) is 42.5 Å². The summed E-state index contributed by atoms with van der Waals surface area (Å²) in [6, 6.07) is 18.1. The fourth-order valence-electron chi connectivity index (χ4n) is 2.84. The molecule has 29 heavy (non-hydrogen) atoms. The molecule has 0 unspecified atom stereocenters. The van der Waals surface area contributed by atoms with E-state index < -0.39 is 4.92 Å². The minimum absolute atomic E-state index is 0.107. The van der Waals surface area contributed by atoms with Crippen LogP contribution in [0.5, 0.6) is 0 Å². The number of amides is 1. The highest BCUT2D eigenvalue weighted by Gasteiger charge is 2.21. The highest BCUT2D eigenvalue weighted by molar-refractivity contribution is 7.99. The molecule has 8 nitrogen and oxygen atoms in total. The Balaban J connectivity index is 1.50. The second-order valence-electron chi connectivity index (χ2n) is 6.12. The first-order valence-corrected chi connectivity index (χ1v) is 10.5. The fourth-order valence-corrected chi connectivity index (χ4v) is 4.33. The second-order valence-corrected chi connectivity index (χ2v) is 8.09. The maximum Gasteiger partial charge on any atom is 0.345 e. The Bertz CT molecular complexity index is 1170. The molecule has 0 radical (unpaired) electrons. The number of aromatic nitrogens is 3. The summed E-state index contributed by atoms with van der Waals surface area (Å²) in [5.74, 6) is -0.126. The molecular weight excluding hydrogens is 410 g/mol. The predicted octanol–water partition coefficient (Wildman–Crippen LogP) is 3.60. The molecule has 0 bridgehead atoms. The van der Waals surface area contributed by atoms with Gasteiger partial charge in [-0.05, 0) is 40.8 Å². The van der Waals surface area contributed by atoms with Gasteiger partial charge < -0.3 is 5.32 Å². The Morgan fingerprint density at radius 1 is 1.21 bits per heavy atom. The zero-order valence-electron chi connectivity index (χ0n) is 15.1. The second kappa shape index (κ2) is 8.41. The van der Waals surface area contributed by atoms with Gasteiger partial charge in [0, 0.05) is 0 Å². The standard InChI is InChI=1S/C19H15N5O3S2/c25-16(22-18-20-10-17(29-18)24(26)27)12-28-19-21-14-8-4-5-9-15(14)23(19)11-13-6-2-1-3-7-13/h1-10H,11-12H2,(H,20,22,25)/p+1. The summed E-state index contributed by atoms with van der Waals surface area (Å²) in [5.41, 5.74) is 3.19. The number of hydrogen-bond acceptors (Lipinski definition) is 6. The molecule has 10 heteroatoms. The first-order valence-electron chi connectivity index (χ1n) is 8.67. The van der Waals surface area contributed by atoms with Crippen molar-refractivity contribution < 1.29 is 14.3 Å². The van der Waals surface area contributed by atoms with Crippen LogP contribution in [-0.2, 0) is 11.3 Å². The summed E-state index contributed by atoms with van der Waals surface area (Å²) < 4.78 is 2.14. The van der Waals surface area contributed by atoms with Crippen molar-refractivity contribution in [3.05, 3.63) is 76.5 Å². The Labute approximate surface area is 173 Å². The molecule has 4 aromatic rings. The Hall–Kier alpha value is -3.24. The molecule has 146 valence electrons. The molecule has 0 saturated heterocycles. The number of carbonyl (C=O) groups excluding carboxylic acids is 1. The number of aromatic amines is 1. The number of carbonyl (C=O) groups is 1. The molecular formula is C19H16N5O3S2+. The van der Waals surface area contributed by atoms with Crippen molar-refractivity contribution in [1.29, 1.82) is 0 Å². The normalized spacial score (nSPS) is 10.9. The van der Waals surface area contributed by atoms with E-state index in [0.29, 0.717) is 6.54 Å². The number of thiazole rings is 1. The van der Waals surface area contributed by atoms with Crippen LogP contribution in [0.4, 0.5) is 10.1 Å². The van der Waals surface area contributed by atoms with Crippen LogP contribution in [0, 0.1) is 10.1 Å². The lowest BCUT2D eigenvalue weighted by Gasteiger charge is -2.03. The Kier molecular flexibility index (Phi) is 5.54. The van der Waals surface area contributed by atoms with E-state index in [9.17, 15) is 14.9 Å². The molecule has 2 N–H and O–H groups in total. The van der Waals surface area contributed by atoms with E-state index in [1.165, 1.54) is 11.8 Å². The SMILES string of the molecule is O=C(CSc1[nH]c2ccccc2[n+]1Cc1ccccc1)Nc1ncc([N+](=O)[O-])s1. The van der Waals surface area contributed by atoms with Crippen LogP contribution in [0.1, 0.15) is 5.56 Å². The van der Waals surface area contributed by atoms with Gasteiger partial charge in [0.15, 0.2) is 16.2 Å². The zero-order valence-corrected chi connectivity index (χ0v) is 16.7. The molecule has 0 spiro atoms. The van der Waals surface area contributed by atoms with Crippen LogP contribution in [0.15, 0.2) is 66.0 Å². The van der Waals surface area contributed by atoms with Crippen molar-refractivity contribution in [3.8, 4) is 0 Å². The number of benzene rings is 2. The van der Waals surface area contributed by atoms with Crippen LogP contribution >= 0.6 is 23.1 Å². The lowest BCUT2D eigenvalue weighted by Crippen LogP contribution is -2.35. The summed E-state index contributed by atoms with van der Waals surface area (Å²) in [4.78, 5) is 29.7. The van der Waals surface area contributed by atoms with Crippen molar-refractivity contribution in [2.75, 3.05) is 11.1 Å². The van der Waals surface area contributed by atoms with E-state index in [1.54, 1.807) is 0 Å². The van der Waals surface area contributed by atoms with Gasteiger partial charge in [0.25, 0.3) is 0 Å². The van der Waals surface area contributed by atoms with Crippen molar-refractivity contribution in [1.82, 2.24) is 9.97 Å². The summed E-state index contributed by atoms with van der Waals surface area (Å²) in [7, 11) is 0. The zero-order chi connectivity index (χ0) is 20.2. The van der Waals surface area contributed by atoms with Crippen LogP contribution in [-0.4, -0.2) is 26.6 Å². The molecule has 0 fully saturated rings. The monoisotopic (exact) mass is 426 g/mol. The molecule has 0 aliphatic carbocycles. The third-order valence-corrected chi connectivity index (χ3v) is 5.99. The molecule has 0 aliphatic heterocycles. The highest BCUT2D eigenvalue weighted by atomic mass is 32.2. The van der Waals surface area contributed by atoms with Crippen molar-refractivity contribution in [2.24, 2.45) is 0 Å². The molecule has 4 rings (SSSR count). The average molecular weight is 427 g/mol. The van der Waals surface area contributed by atoms with Crippen molar-refractivity contribution in [3.63, 3.8) is 0 Å². The van der Waals surface area contributed by atoms with E-state index in [2.05, 4.69) is 32.0 Å². The number of thioether (sulfide) groups is 1. The number of imidazole rings is 1. The summed E-state index contributed by atoms with van der Waals surface area (Å²) >= 11 is 2.21. The molecule has 1 amide bonds. The molecule has 0 atom stereocenters. The topological polar surface area (TPSA) is 105 Å². The number of H-pyrrole nitrogens is 1. The van der Waals surface area contributed by atoms with Gasteiger partial charge in [-0.3, -0.25) is 14.9 Å². The van der Waals surface area contributed by atoms with Gasteiger partial charge >= 0.3 is 10.2 Å². The first-order chi connectivity index (χ1) is 14.1. The number of fused-ring (bicyclic) bond motifs is 1. The van der Waals surface area contributed by atoms with Gasteiger partial charge in [-0.2, -0.15) is 0 Å². The van der Waals surface area contributed by atoms with Crippen LogP contribution in [0.25, 0.3) is 11.0 Å². The summed E-state index contributed by atoms with van der Waals surface area (Å²) in [5, 5.41) is 14.3. The van der Waals surface area contributed by atoms with Gasteiger partial charge in [-0.1, -0.05) is 42.5 Å². The minimum Gasteiger partial charge on any atom is -0.301 e. The van der Waals surface area contributed by atoms with Gasteiger partial charge in [0.2, 0.25) is 5.91 Å². The number of para-hydroxylation sites is 2. The summed E-state index contributed by atoms with van der Waals surface area (Å²) in [6.45, 7) is 0.674. The van der Waals surface area contributed by atoms with Crippen molar-refractivity contribution in [2.45, 2.75) is 11.7 Å². The average Bonchev–Trinajstić information content (AvgIpc) is 3.32. The first kappa shape index (κ1) is 19.1. The van der Waals surface area contributed by atoms with Crippen LogP contribution < -0.4 is 9.88 Å². The molecule has 2 heterocycles. The third-order valence-electron chi connectivity index (χ3n) is 4.12. The maximum absolute atomic E-state index is 12.3. The quantitative estimate of drug-likeness (QED) is 0.203. The Morgan fingerprint density at radius 2 is 1.97 bits per heavy atom. The number of rotatable bonds is 7. The maximum atomic E-state index is 12.3. The fraction of sp³-hybridized carbons (Fsp3) is 0.105. The van der Waals surface area contributed by atoms with Crippen molar-refractivity contribution >= 4 is 50.2 Å². The lowest BCUT2D eigenvalue weighted by molar-refractivity contribution is -0.700. The van der Waals surface area contributed by atoms with Crippen LogP contribution in [0.2, 0.25) is 0 Å². The molecule has 2 aromatic carbocycles. The molecule has 0 aliphatic rings. The van der Waals surface area contributed by atoms with E-state index in [4.69, 9.17) is 0 Å². The highest BCUT2D eigenvalue weighted by Crippen LogP contribution is 2.25. The van der Waals surface area contributed by atoms with Gasteiger partial charge in [0.05, 0.1) is 10.7 Å². The van der Waals surface area contributed by atoms with E-state index in [0.717, 1.165) is 39.3 Å². The molecule has 0 saturated carbocycles. The number of hydrogen-bond donors (Lipinski definition) is 2. The number of nitrogens with one attached hydrogen (secondary N) is 2. The number of nitro groups is 1. The van der Waals surface area contributed by atoms with Gasteiger partial charge in [-0.25, -0.2) is 14.5 Å². The number of nitrogens with zero attached hydrogens (tertiary/aromatic N) is 3. The van der Waals surface area contributed by atoms with E-state index >= 15 is 0 Å². The van der Waals surface area contributed by atoms with E-state index in [-0.39, 0.29) is 21.8 Å². The lowest BCUT2D eigenvalue weighted by atomic mass is 10.2. The third kappa shape index (κ3) is 4.44. The van der Waals surface area contributed by atoms with Gasteiger partial charge in [-0.15, -0.1) is 0 Å². The predicted molar refractivity (Wildman–Crippen MR) is 112 cm³/mol. The summed E-state index contributed by atoms with van der Waals surface area (Å²) in [6.07, 6.45) is 1.14. The Morgan fingerprint density at radius 3 is 2.72 bits per heavy atom. The molecule has 2 aromatic heterocycles.